The van der Waals surface area contributed by atoms with Crippen molar-refractivity contribution >= 4 is 22.5 Å². The van der Waals surface area contributed by atoms with Gasteiger partial charge in [0.25, 0.3) is 0 Å². The van der Waals surface area contributed by atoms with E-state index in [9.17, 15) is 4.79 Å². The van der Waals surface area contributed by atoms with E-state index < -0.39 is 0 Å². The van der Waals surface area contributed by atoms with Crippen molar-refractivity contribution in [2.75, 3.05) is 5.32 Å². The molecule has 0 bridgehead atoms. The van der Waals surface area contributed by atoms with Crippen molar-refractivity contribution < 1.29 is 4.79 Å². The second-order valence-corrected chi connectivity index (χ2v) is 6.05. The van der Waals surface area contributed by atoms with E-state index >= 15 is 0 Å². The van der Waals surface area contributed by atoms with Gasteiger partial charge in [0.15, 0.2) is 0 Å². The lowest BCUT2D eigenvalue weighted by molar-refractivity contribution is -0.115. The van der Waals surface area contributed by atoms with E-state index in [1.54, 1.807) is 0 Å². The lowest BCUT2D eigenvalue weighted by Gasteiger charge is -2.14. The number of carbonyl (C=O) groups is 1. The summed E-state index contributed by atoms with van der Waals surface area (Å²) in [7, 11) is 0. The van der Waals surface area contributed by atoms with Crippen LogP contribution in [0.25, 0.3) is 10.9 Å². The van der Waals surface area contributed by atoms with Crippen LogP contribution >= 0.6 is 0 Å². The van der Waals surface area contributed by atoms with Crippen molar-refractivity contribution in [2.24, 2.45) is 0 Å². The van der Waals surface area contributed by atoms with E-state index in [1.165, 1.54) is 0 Å². The minimum Gasteiger partial charge on any atom is -0.326 e. The van der Waals surface area contributed by atoms with Crippen LogP contribution in [0.15, 0.2) is 48.5 Å². The third-order valence-electron chi connectivity index (χ3n) is 4.50. The minimum absolute atomic E-state index is 0.000758. The van der Waals surface area contributed by atoms with Crippen LogP contribution in [0.2, 0.25) is 0 Å². The van der Waals surface area contributed by atoms with E-state index in [0.29, 0.717) is 6.42 Å². The molecule has 0 radical (unpaired) electrons. The predicted octanol–water partition coefficient (Wildman–Crippen LogP) is 4.60. The number of rotatable bonds is 4. The van der Waals surface area contributed by atoms with Gasteiger partial charge in [-0.1, -0.05) is 43.3 Å². The van der Waals surface area contributed by atoms with Gasteiger partial charge in [-0.2, -0.15) is 0 Å². The fourth-order valence-electron chi connectivity index (χ4n) is 3.14. The third kappa shape index (κ3) is 3.16. The van der Waals surface area contributed by atoms with Crippen molar-refractivity contribution in [2.45, 2.75) is 33.6 Å². The highest BCUT2D eigenvalue weighted by Crippen LogP contribution is 2.23. The number of anilines is 1. The molecule has 0 unspecified atom stereocenters. The Kier molecular flexibility index (Phi) is 4.61. The van der Waals surface area contributed by atoms with Gasteiger partial charge in [-0.05, 0) is 49.1 Å². The number of nitrogens with zero attached hydrogens (tertiary/aromatic N) is 1. The highest BCUT2D eigenvalue weighted by molar-refractivity contribution is 5.94. The Morgan fingerprint density at radius 1 is 1.04 bits per heavy atom. The molecule has 0 aliphatic rings. The number of aromatic nitrogens is 1. The van der Waals surface area contributed by atoms with Crippen LogP contribution in [0.5, 0.6) is 0 Å². The van der Waals surface area contributed by atoms with Crippen molar-refractivity contribution in [1.82, 2.24) is 4.98 Å². The molecule has 3 aromatic rings. The number of carbonyl (C=O) groups excluding carboxylic acids is 1. The topological polar surface area (TPSA) is 42.0 Å². The van der Waals surface area contributed by atoms with Gasteiger partial charge in [0.2, 0.25) is 5.91 Å². The zero-order valence-corrected chi connectivity index (χ0v) is 14.4. The first-order valence-corrected chi connectivity index (χ1v) is 8.32. The maximum absolute atomic E-state index is 12.6. The Balaban J connectivity index is 1.88. The molecule has 0 fully saturated rings. The van der Waals surface area contributed by atoms with Gasteiger partial charge in [0, 0.05) is 16.8 Å². The maximum atomic E-state index is 12.6. The van der Waals surface area contributed by atoms with Crippen molar-refractivity contribution in [3.8, 4) is 0 Å². The number of benzene rings is 2. The second kappa shape index (κ2) is 6.83. The summed E-state index contributed by atoms with van der Waals surface area (Å²) in [5.74, 6) is -0.000758. The Morgan fingerprint density at radius 2 is 1.75 bits per heavy atom. The van der Waals surface area contributed by atoms with Crippen LogP contribution in [0, 0.1) is 13.8 Å². The number of hydrogen-bond donors (Lipinski definition) is 1. The first-order valence-electron chi connectivity index (χ1n) is 8.32. The summed E-state index contributed by atoms with van der Waals surface area (Å²) in [6.45, 7) is 6.13. The van der Waals surface area contributed by atoms with Gasteiger partial charge >= 0.3 is 0 Å². The molecule has 1 heterocycles. The maximum Gasteiger partial charge on any atom is 0.228 e. The minimum atomic E-state index is -0.000758. The molecule has 122 valence electrons. The Hall–Kier alpha value is -2.68. The molecule has 1 N–H and O–H groups in total. The monoisotopic (exact) mass is 318 g/mol. The number of aryl methyl sites for hydroxylation is 3. The summed E-state index contributed by atoms with van der Waals surface area (Å²) < 4.78 is 0. The summed E-state index contributed by atoms with van der Waals surface area (Å²) in [6.07, 6.45) is 1.24. The molecule has 0 aliphatic heterocycles. The van der Waals surface area contributed by atoms with Gasteiger partial charge in [-0.3, -0.25) is 9.78 Å². The molecule has 3 rings (SSSR count). The van der Waals surface area contributed by atoms with Crippen LogP contribution in [-0.2, 0) is 17.6 Å². The van der Waals surface area contributed by atoms with Crippen LogP contribution in [-0.4, -0.2) is 10.9 Å². The molecular weight excluding hydrogens is 296 g/mol. The molecule has 3 nitrogen and oxygen atoms in total. The predicted molar refractivity (Wildman–Crippen MR) is 99.4 cm³/mol. The van der Waals surface area contributed by atoms with Gasteiger partial charge in [-0.15, -0.1) is 0 Å². The molecule has 1 aromatic heterocycles. The molecule has 0 saturated carbocycles. The molecule has 3 heteroatoms. The molecule has 24 heavy (non-hydrogen) atoms. The lowest BCUT2D eigenvalue weighted by atomic mass is 9.99. The molecule has 0 saturated heterocycles. The average Bonchev–Trinajstić information content (AvgIpc) is 2.59. The third-order valence-corrected chi connectivity index (χ3v) is 4.50. The van der Waals surface area contributed by atoms with E-state index in [1.807, 2.05) is 49.4 Å². The second-order valence-electron chi connectivity index (χ2n) is 6.05. The molecule has 1 amide bonds. The summed E-state index contributed by atoms with van der Waals surface area (Å²) in [5.41, 5.74) is 6.10. The normalized spacial score (nSPS) is 10.8. The molecule has 0 atom stereocenters. The molecular formula is C21H22N2O. The highest BCUT2D eigenvalue weighted by Gasteiger charge is 2.13. The SMILES string of the molecule is CCc1ccccc1NC(=O)Cc1c(C)nc2ccccc2c1C. The molecule has 0 aliphatic carbocycles. The van der Waals surface area contributed by atoms with E-state index in [2.05, 4.69) is 30.2 Å². The first kappa shape index (κ1) is 16.2. The number of nitrogens with one attached hydrogen (secondary N) is 1. The number of hydrogen-bond acceptors (Lipinski definition) is 2. The van der Waals surface area contributed by atoms with Gasteiger partial charge in [-0.25, -0.2) is 0 Å². The molecule has 0 spiro atoms. The fourth-order valence-corrected chi connectivity index (χ4v) is 3.14. The average molecular weight is 318 g/mol. The summed E-state index contributed by atoms with van der Waals surface area (Å²) in [6, 6.07) is 16.0. The lowest BCUT2D eigenvalue weighted by Crippen LogP contribution is -2.17. The summed E-state index contributed by atoms with van der Waals surface area (Å²) >= 11 is 0. The number of para-hydroxylation sites is 2. The van der Waals surface area contributed by atoms with Gasteiger partial charge in [0.05, 0.1) is 11.9 Å². The highest BCUT2D eigenvalue weighted by atomic mass is 16.1. The Bertz CT molecular complexity index is 899. The van der Waals surface area contributed by atoms with Crippen LogP contribution in [0.4, 0.5) is 5.69 Å². The number of fused-ring (bicyclic) bond motifs is 1. The van der Waals surface area contributed by atoms with Crippen LogP contribution in [0.3, 0.4) is 0 Å². The van der Waals surface area contributed by atoms with Gasteiger partial charge < -0.3 is 5.32 Å². The van der Waals surface area contributed by atoms with E-state index in [0.717, 1.165) is 45.4 Å². The van der Waals surface area contributed by atoms with Crippen molar-refractivity contribution in [1.29, 1.82) is 0 Å². The van der Waals surface area contributed by atoms with Crippen LogP contribution < -0.4 is 5.32 Å². The van der Waals surface area contributed by atoms with Crippen LogP contribution in [0.1, 0.15) is 29.3 Å². The summed E-state index contributed by atoms with van der Waals surface area (Å²) in [4.78, 5) is 17.2. The number of amides is 1. The zero-order chi connectivity index (χ0) is 17.1. The van der Waals surface area contributed by atoms with E-state index in [-0.39, 0.29) is 5.91 Å². The Labute approximate surface area is 142 Å². The van der Waals surface area contributed by atoms with Crippen molar-refractivity contribution in [3.05, 3.63) is 70.9 Å². The fraction of sp³-hybridized carbons (Fsp3) is 0.238. The quantitative estimate of drug-likeness (QED) is 0.764. The Morgan fingerprint density at radius 3 is 2.54 bits per heavy atom. The number of pyridine rings is 1. The zero-order valence-electron chi connectivity index (χ0n) is 14.4. The largest absolute Gasteiger partial charge is 0.326 e. The summed E-state index contributed by atoms with van der Waals surface area (Å²) in [5, 5.41) is 4.16. The van der Waals surface area contributed by atoms with Crippen molar-refractivity contribution in [3.63, 3.8) is 0 Å². The van der Waals surface area contributed by atoms with E-state index in [4.69, 9.17) is 0 Å². The van der Waals surface area contributed by atoms with Gasteiger partial charge in [0.1, 0.15) is 0 Å². The molecule has 2 aromatic carbocycles. The smallest absolute Gasteiger partial charge is 0.228 e. The first-order chi connectivity index (χ1) is 11.6. The standard InChI is InChI=1S/C21H22N2O/c1-4-16-9-5-7-11-19(16)23-21(24)13-18-14(2)17-10-6-8-12-20(17)22-15(18)3/h5-12H,4,13H2,1-3H3,(H,23,24).